The van der Waals surface area contributed by atoms with Gasteiger partial charge in [0.15, 0.2) is 0 Å². The van der Waals surface area contributed by atoms with Crippen LogP contribution in [0.25, 0.3) is 0 Å². The van der Waals surface area contributed by atoms with E-state index in [4.69, 9.17) is 9.47 Å². The average molecular weight is 186 g/mol. The van der Waals surface area contributed by atoms with Gasteiger partial charge in [0.2, 0.25) is 0 Å². The molecule has 1 heterocycles. The Bertz CT molecular complexity index is 171. The summed E-state index contributed by atoms with van der Waals surface area (Å²) in [7, 11) is 0. The molecular weight excluding hydrogens is 168 g/mol. The highest BCUT2D eigenvalue weighted by atomic mass is 16.6. The van der Waals surface area contributed by atoms with Crippen LogP contribution in [0.5, 0.6) is 0 Å². The van der Waals surface area contributed by atoms with Crippen LogP contribution in [-0.2, 0) is 14.3 Å². The zero-order valence-corrected chi connectivity index (χ0v) is 8.47. The van der Waals surface area contributed by atoms with Crippen molar-refractivity contribution in [1.82, 2.24) is 0 Å². The Morgan fingerprint density at radius 1 is 1.38 bits per heavy atom. The van der Waals surface area contributed by atoms with Crippen molar-refractivity contribution in [3.63, 3.8) is 0 Å². The molecule has 3 heteroatoms. The number of hydrogen-bond donors (Lipinski definition) is 0. The molecule has 3 nitrogen and oxygen atoms in total. The molecule has 1 saturated heterocycles. The molecule has 0 saturated carbocycles. The van der Waals surface area contributed by atoms with Crippen LogP contribution < -0.4 is 0 Å². The molecule has 1 fully saturated rings. The van der Waals surface area contributed by atoms with Crippen LogP contribution in [-0.4, -0.2) is 24.8 Å². The topological polar surface area (TPSA) is 35.5 Å². The number of rotatable bonds is 3. The maximum absolute atomic E-state index is 11.2. The fraction of sp³-hybridized carbons (Fsp3) is 0.900. The summed E-state index contributed by atoms with van der Waals surface area (Å²) < 4.78 is 10.7. The van der Waals surface area contributed by atoms with Gasteiger partial charge in [-0.25, -0.2) is 0 Å². The largest absolute Gasteiger partial charge is 0.459 e. The van der Waals surface area contributed by atoms with Crippen molar-refractivity contribution in [2.75, 3.05) is 13.2 Å². The zero-order valence-electron chi connectivity index (χ0n) is 8.47. The summed E-state index contributed by atoms with van der Waals surface area (Å²) in [5, 5.41) is 0. The minimum atomic E-state index is -0.231. The van der Waals surface area contributed by atoms with Gasteiger partial charge in [-0.2, -0.15) is 0 Å². The van der Waals surface area contributed by atoms with E-state index in [1.807, 2.05) is 6.92 Å². The number of esters is 1. The van der Waals surface area contributed by atoms with Crippen molar-refractivity contribution in [2.24, 2.45) is 0 Å². The highest BCUT2D eigenvalue weighted by Crippen LogP contribution is 2.28. The first-order valence-electron chi connectivity index (χ1n) is 5.02. The third kappa shape index (κ3) is 2.69. The maximum Gasteiger partial charge on any atom is 0.306 e. The molecule has 0 atom stereocenters. The van der Waals surface area contributed by atoms with Crippen LogP contribution >= 0.6 is 0 Å². The molecule has 1 aliphatic heterocycles. The normalized spacial score (nSPS) is 21.1. The fourth-order valence-electron chi connectivity index (χ4n) is 1.58. The second-order valence-electron chi connectivity index (χ2n) is 3.48. The van der Waals surface area contributed by atoms with Gasteiger partial charge in [0.25, 0.3) is 0 Å². The maximum atomic E-state index is 11.2. The zero-order chi connectivity index (χ0) is 9.73. The molecule has 0 aromatic rings. The third-order valence-corrected chi connectivity index (χ3v) is 2.67. The molecule has 13 heavy (non-hydrogen) atoms. The Labute approximate surface area is 79.4 Å². The molecule has 0 aliphatic carbocycles. The molecule has 0 aromatic heterocycles. The summed E-state index contributed by atoms with van der Waals surface area (Å²) in [6.45, 7) is 5.31. The van der Waals surface area contributed by atoms with Crippen molar-refractivity contribution in [2.45, 2.75) is 45.1 Å². The lowest BCUT2D eigenvalue weighted by atomic mass is 9.91. The number of carbonyl (C=O) groups is 1. The van der Waals surface area contributed by atoms with Crippen molar-refractivity contribution in [3.05, 3.63) is 0 Å². The minimum absolute atomic E-state index is 0.0937. The minimum Gasteiger partial charge on any atom is -0.459 e. The van der Waals surface area contributed by atoms with Crippen LogP contribution in [0.4, 0.5) is 0 Å². The summed E-state index contributed by atoms with van der Waals surface area (Å²) >= 11 is 0. The average Bonchev–Trinajstić information content (AvgIpc) is 2.19. The standard InChI is InChI=1S/C10H18O3/c1-3-9(11)13-10(4-2)5-7-12-8-6-10/h3-8H2,1-2H3. The molecule has 0 N–H and O–H groups in total. The van der Waals surface area contributed by atoms with Crippen molar-refractivity contribution in [1.29, 1.82) is 0 Å². The summed E-state index contributed by atoms with van der Waals surface area (Å²) in [6, 6.07) is 0. The van der Waals surface area contributed by atoms with E-state index in [0.29, 0.717) is 19.6 Å². The van der Waals surface area contributed by atoms with Gasteiger partial charge in [-0.05, 0) is 6.42 Å². The van der Waals surface area contributed by atoms with Crippen LogP contribution in [0.3, 0.4) is 0 Å². The Balaban J connectivity index is 2.52. The van der Waals surface area contributed by atoms with E-state index in [0.717, 1.165) is 19.3 Å². The molecule has 0 amide bonds. The number of ether oxygens (including phenoxy) is 2. The van der Waals surface area contributed by atoms with Gasteiger partial charge in [0.05, 0.1) is 13.2 Å². The Morgan fingerprint density at radius 3 is 2.46 bits per heavy atom. The van der Waals surface area contributed by atoms with Gasteiger partial charge in [0, 0.05) is 19.3 Å². The summed E-state index contributed by atoms with van der Waals surface area (Å²) in [4.78, 5) is 11.2. The van der Waals surface area contributed by atoms with E-state index in [9.17, 15) is 4.79 Å². The second kappa shape index (κ2) is 4.61. The van der Waals surface area contributed by atoms with Gasteiger partial charge in [0.1, 0.15) is 5.60 Å². The van der Waals surface area contributed by atoms with Gasteiger partial charge >= 0.3 is 5.97 Å². The van der Waals surface area contributed by atoms with Gasteiger partial charge in [-0.1, -0.05) is 13.8 Å². The molecule has 76 valence electrons. The summed E-state index contributed by atoms with van der Waals surface area (Å²) in [6.07, 6.45) is 3.04. The van der Waals surface area contributed by atoms with E-state index in [-0.39, 0.29) is 11.6 Å². The highest BCUT2D eigenvalue weighted by Gasteiger charge is 2.34. The molecule has 0 unspecified atom stereocenters. The first-order valence-corrected chi connectivity index (χ1v) is 5.02. The summed E-state index contributed by atoms with van der Waals surface area (Å²) in [5.74, 6) is -0.0937. The predicted octanol–water partition coefficient (Wildman–Crippen LogP) is 1.90. The van der Waals surface area contributed by atoms with Crippen LogP contribution in [0.15, 0.2) is 0 Å². The van der Waals surface area contributed by atoms with Crippen LogP contribution in [0, 0.1) is 0 Å². The fourth-order valence-corrected chi connectivity index (χ4v) is 1.58. The summed E-state index contributed by atoms with van der Waals surface area (Å²) in [5.41, 5.74) is -0.231. The molecule has 0 bridgehead atoms. The number of hydrogen-bond acceptors (Lipinski definition) is 3. The predicted molar refractivity (Wildman–Crippen MR) is 49.5 cm³/mol. The highest BCUT2D eigenvalue weighted by molar-refractivity contribution is 5.69. The molecule has 0 aromatic carbocycles. The molecule has 1 aliphatic rings. The van der Waals surface area contributed by atoms with E-state index in [1.165, 1.54) is 0 Å². The van der Waals surface area contributed by atoms with Crippen molar-refractivity contribution < 1.29 is 14.3 Å². The van der Waals surface area contributed by atoms with Gasteiger partial charge in [-0.3, -0.25) is 4.79 Å². The van der Waals surface area contributed by atoms with Crippen molar-refractivity contribution in [3.8, 4) is 0 Å². The lowest BCUT2D eigenvalue weighted by Crippen LogP contribution is -2.40. The van der Waals surface area contributed by atoms with E-state index in [1.54, 1.807) is 0 Å². The van der Waals surface area contributed by atoms with Crippen LogP contribution in [0.2, 0.25) is 0 Å². The number of carbonyl (C=O) groups excluding carboxylic acids is 1. The molecule has 0 radical (unpaired) electrons. The first kappa shape index (κ1) is 10.5. The third-order valence-electron chi connectivity index (χ3n) is 2.67. The first-order chi connectivity index (χ1) is 6.22. The van der Waals surface area contributed by atoms with E-state index in [2.05, 4.69) is 6.92 Å². The Morgan fingerprint density at radius 2 is 2.00 bits per heavy atom. The van der Waals surface area contributed by atoms with Crippen molar-refractivity contribution >= 4 is 5.97 Å². The smallest absolute Gasteiger partial charge is 0.306 e. The van der Waals surface area contributed by atoms with E-state index < -0.39 is 0 Å². The Hall–Kier alpha value is -0.570. The molecular formula is C10H18O3. The Kier molecular flexibility index (Phi) is 3.72. The molecule has 0 spiro atoms. The van der Waals surface area contributed by atoms with Gasteiger partial charge < -0.3 is 9.47 Å². The molecule has 1 rings (SSSR count). The lowest BCUT2D eigenvalue weighted by molar-refractivity contribution is -0.169. The van der Waals surface area contributed by atoms with Crippen LogP contribution in [0.1, 0.15) is 39.5 Å². The SMILES string of the molecule is CCC(=O)OC1(CC)CCOCC1. The lowest BCUT2D eigenvalue weighted by Gasteiger charge is -2.35. The van der Waals surface area contributed by atoms with Gasteiger partial charge in [-0.15, -0.1) is 0 Å². The monoisotopic (exact) mass is 186 g/mol. The quantitative estimate of drug-likeness (QED) is 0.631. The second-order valence-corrected chi connectivity index (χ2v) is 3.48. The van der Waals surface area contributed by atoms with E-state index >= 15 is 0 Å².